The number of furan rings is 1. The molecule has 0 aliphatic carbocycles. The number of carbonyl (C=O) groups is 2. The lowest BCUT2D eigenvalue weighted by atomic mass is 9.92. The number of rotatable bonds is 2. The molecule has 0 bridgehead atoms. The Morgan fingerprint density at radius 2 is 2.11 bits per heavy atom. The van der Waals surface area contributed by atoms with Gasteiger partial charge in [0.05, 0.1) is 13.4 Å². The number of carboxylic acid groups (broad SMARTS) is 1. The maximum Gasteiger partial charge on any atom is 0.407 e. The molecule has 0 saturated carbocycles. The van der Waals surface area contributed by atoms with Crippen molar-refractivity contribution < 1.29 is 23.8 Å². The molecule has 0 radical (unpaired) electrons. The Bertz CT molecular complexity index is 445. The van der Waals surface area contributed by atoms with E-state index in [1.165, 1.54) is 18.3 Å². The van der Waals surface area contributed by atoms with Crippen molar-refractivity contribution in [1.29, 1.82) is 0 Å². The normalized spacial score (nSPS) is 16.6. The number of carbonyl (C=O) groups excluding carboxylic acids is 1. The fraction of sp³-hybridized carbons (Fsp3) is 0.500. The molecule has 1 saturated heterocycles. The molecule has 2 heterocycles. The highest BCUT2D eigenvalue weighted by atomic mass is 16.5. The molecule has 1 N–H and O–H groups in total. The van der Waals surface area contributed by atoms with Crippen molar-refractivity contribution in [2.75, 3.05) is 20.2 Å². The molecule has 98 valence electrons. The van der Waals surface area contributed by atoms with Gasteiger partial charge in [-0.1, -0.05) is 0 Å². The maximum absolute atomic E-state index is 11.5. The van der Waals surface area contributed by atoms with Crippen LogP contribution in [0.1, 0.15) is 34.9 Å². The molecule has 1 fully saturated rings. The number of ether oxygens (including phenoxy) is 1. The average molecular weight is 253 g/mol. The van der Waals surface area contributed by atoms with E-state index in [2.05, 4.69) is 4.74 Å². The Balaban J connectivity index is 2.08. The standard InChI is InChI=1S/C12H15NO5/c1-17-11(14)9-4-7-18-10(9)8-2-5-13(6-3-8)12(15)16/h4,7-8H,2-3,5-6H2,1H3,(H,15,16). The smallest absolute Gasteiger partial charge is 0.407 e. The van der Waals surface area contributed by atoms with Gasteiger partial charge in [0.1, 0.15) is 11.3 Å². The van der Waals surface area contributed by atoms with Crippen LogP contribution in [0.2, 0.25) is 0 Å². The summed E-state index contributed by atoms with van der Waals surface area (Å²) in [6.45, 7) is 0.919. The first kappa shape index (κ1) is 12.5. The summed E-state index contributed by atoms with van der Waals surface area (Å²) in [5.74, 6) is 0.260. The summed E-state index contributed by atoms with van der Waals surface area (Å²) in [4.78, 5) is 23.7. The summed E-state index contributed by atoms with van der Waals surface area (Å²) < 4.78 is 10.0. The van der Waals surface area contributed by atoms with Crippen LogP contribution in [0.25, 0.3) is 0 Å². The van der Waals surface area contributed by atoms with E-state index in [9.17, 15) is 9.59 Å². The van der Waals surface area contributed by atoms with Crippen LogP contribution in [0.15, 0.2) is 16.7 Å². The Hall–Kier alpha value is -1.98. The predicted molar refractivity (Wildman–Crippen MR) is 61.6 cm³/mol. The molecule has 1 aliphatic rings. The van der Waals surface area contributed by atoms with Gasteiger partial charge in [0.2, 0.25) is 0 Å². The van der Waals surface area contributed by atoms with Crippen LogP contribution in [0, 0.1) is 0 Å². The fourth-order valence-corrected chi connectivity index (χ4v) is 2.25. The van der Waals surface area contributed by atoms with Gasteiger partial charge in [0.15, 0.2) is 0 Å². The van der Waals surface area contributed by atoms with Gasteiger partial charge in [0, 0.05) is 19.0 Å². The molecule has 6 heteroatoms. The minimum absolute atomic E-state index is 0.0738. The van der Waals surface area contributed by atoms with Crippen molar-refractivity contribution in [2.45, 2.75) is 18.8 Å². The minimum Gasteiger partial charge on any atom is -0.468 e. The third-order valence-electron chi connectivity index (χ3n) is 3.24. The van der Waals surface area contributed by atoms with E-state index in [1.54, 1.807) is 6.07 Å². The molecule has 0 atom stereocenters. The van der Waals surface area contributed by atoms with E-state index in [1.807, 2.05) is 0 Å². The summed E-state index contributed by atoms with van der Waals surface area (Å²) in [6.07, 6.45) is 1.87. The van der Waals surface area contributed by atoms with Gasteiger partial charge in [-0.3, -0.25) is 0 Å². The molecule has 1 aliphatic heterocycles. The van der Waals surface area contributed by atoms with Gasteiger partial charge in [-0.15, -0.1) is 0 Å². The lowest BCUT2D eigenvalue weighted by Crippen LogP contribution is -2.36. The molecular weight excluding hydrogens is 238 g/mol. The molecule has 1 aromatic heterocycles. The quantitative estimate of drug-likeness (QED) is 0.814. The Kier molecular flexibility index (Phi) is 3.55. The van der Waals surface area contributed by atoms with Crippen molar-refractivity contribution in [3.05, 3.63) is 23.7 Å². The molecule has 0 aromatic carbocycles. The highest BCUT2D eigenvalue weighted by Gasteiger charge is 2.28. The topological polar surface area (TPSA) is 80.0 Å². The van der Waals surface area contributed by atoms with Crippen LogP contribution in [0.5, 0.6) is 0 Å². The average Bonchev–Trinajstić information content (AvgIpc) is 2.87. The number of methoxy groups -OCH3 is 1. The first-order chi connectivity index (χ1) is 8.63. The lowest BCUT2D eigenvalue weighted by Gasteiger charge is -2.29. The molecule has 1 aromatic rings. The van der Waals surface area contributed by atoms with Gasteiger partial charge < -0.3 is 19.2 Å². The third-order valence-corrected chi connectivity index (χ3v) is 3.24. The van der Waals surface area contributed by atoms with Crippen LogP contribution in [0.4, 0.5) is 4.79 Å². The van der Waals surface area contributed by atoms with Crippen LogP contribution in [-0.2, 0) is 4.74 Å². The van der Waals surface area contributed by atoms with Crippen molar-refractivity contribution in [2.24, 2.45) is 0 Å². The van der Waals surface area contributed by atoms with Gasteiger partial charge in [-0.2, -0.15) is 0 Å². The molecule has 0 spiro atoms. The van der Waals surface area contributed by atoms with E-state index < -0.39 is 12.1 Å². The van der Waals surface area contributed by atoms with Gasteiger partial charge in [0.25, 0.3) is 0 Å². The number of esters is 1. The second-order valence-corrected chi connectivity index (χ2v) is 4.23. The van der Waals surface area contributed by atoms with Gasteiger partial charge in [-0.05, 0) is 18.9 Å². The number of amides is 1. The minimum atomic E-state index is -0.902. The van der Waals surface area contributed by atoms with Crippen LogP contribution in [-0.4, -0.2) is 42.3 Å². The summed E-state index contributed by atoms with van der Waals surface area (Å²) in [5.41, 5.74) is 0.436. The van der Waals surface area contributed by atoms with E-state index in [0.29, 0.717) is 37.3 Å². The molecular formula is C12H15NO5. The number of piperidine rings is 1. The first-order valence-corrected chi connectivity index (χ1v) is 5.77. The zero-order chi connectivity index (χ0) is 13.1. The summed E-state index contributed by atoms with van der Waals surface area (Å²) in [7, 11) is 1.33. The molecule has 2 rings (SSSR count). The van der Waals surface area contributed by atoms with Crippen molar-refractivity contribution in [3.63, 3.8) is 0 Å². The molecule has 1 amide bonds. The van der Waals surface area contributed by atoms with Crippen molar-refractivity contribution in [1.82, 2.24) is 4.90 Å². The zero-order valence-electron chi connectivity index (χ0n) is 10.1. The Morgan fingerprint density at radius 3 is 2.67 bits per heavy atom. The monoisotopic (exact) mass is 253 g/mol. The second kappa shape index (κ2) is 5.12. The van der Waals surface area contributed by atoms with Crippen LogP contribution >= 0.6 is 0 Å². The Labute approximate surface area is 104 Å². The van der Waals surface area contributed by atoms with Gasteiger partial charge >= 0.3 is 12.1 Å². The highest BCUT2D eigenvalue weighted by Crippen LogP contribution is 2.31. The molecule has 18 heavy (non-hydrogen) atoms. The molecule has 0 unspecified atom stereocenters. The highest BCUT2D eigenvalue weighted by molar-refractivity contribution is 5.90. The van der Waals surface area contributed by atoms with E-state index in [-0.39, 0.29) is 5.92 Å². The third kappa shape index (κ3) is 2.32. The van der Waals surface area contributed by atoms with Crippen LogP contribution in [0.3, 0.4) is 0 Å². The summed E-state index contributed by atoms with van der Waals surface area (Å²) in [6, 6.07) is 1.59. The van der Waals surface area contributed by atoms with Crippen molar-refractivity contribution >= 4 is 12.1 Å². The number of nitrogens with zero attached hydrogens (tertiary/aromatic N) is 1. The van der Waals surface area contributed by atoms with Crippen molar-refractivity contribution in [3.8, 4) is 0 Å². The van der Waals surface area contributed by atoms with E-state index in [4.69, 9.17) is 9.52 Å². The zero-order valence-corrected chi connectivity index (χ0v) is 10.1. The largest absolute Gasteiger partial charge is 0.468 e. The molecule has 6 nitrogen and oxygen atoms in total. The first-order valence-electron chi connectivity index (χ1n) is 5.77. The number of hydrogen-bond acceptors (Lipinski definition) is 4. The summed E-state index contributed by atoms with van der Waals surface area (Å²) >= 11 is 0. The summed E-state index contributed by atoms with van der Waals surface area (Å²) in [5, 5.41) is 8.86. The van der Waals surface area contributed by atoms with Crippen LogP contribution < -0.4 is 0 Å². The maximum atomic E-state index is 11.5. The number of likely N-dealkylation sites (tertiary alicyclic amines) is 1. The second-order valence-electron chi connectivity index (χ2n) is 4.23. The predicted octanol–water partition coefficient (Wildman–Crippen LogP) is 1.92. The number of hydrogen-bond donors (Lipinski definition) is 1. The lowest BCUT2D eigenvalue weighted by molar-refractivity contribution is 0.0595. The fourth-order valence-electron chi connectivity index (χ4n) is 2.25. The van der Waals surface area contributed by atoms with E-state index >= 15 is 0 Å². The van der Waals surface area contributed by atoms with E-state index in [0.717, 1.165) is 0 Å². The Morgan fingerprint density at radius 1 is 1.44 bits per heavy atom. The SMILES string of the molecule is COC(=O)c1ccoc1C1CCN(C(=O)O)CC1. The van der Waals surface area contributed by atoms with Gasteiger partial charge in [-0.25, -0.2) is 9.59 Å².